The number of benzene rings is 2. The number of nitrogens with zero attached hydrogens (tertiary/aromatic N) is 1. The SMILES string of the molecule is C=C1c2ccccc2N(S(=O)(=O)c2ccc(C)cc2)C[C@]12C=CCC2. The molecule has 4 rings (SSSR count). The first-order valence-electron chi connectivity index (χ1n) is 8.50. The maximum absolute atomic E-state index is 13.4. The van der Waals surface area contributed by atoms with Crippen LogP contribution in [0.3, 0.4) is 0 Å². The quantitative estimate of drug-likeness (QED) is 0.744. The van der Waals surface area contributed by atoms with Crippen LogP contribution in [0.25, 0.3) is 5.57 Å². The lowest BCUT2D eigenvalue weighted by Gasteiger charge is -2.42. The Hall–Kier alpha value is -2.33. The van der Waals surface area contributed by atoms with Gasteiger partial charge in [0.05, 0.1) is 10.6 Å². The van der Waals surface area contributed by atoms with Crippen molar-refractivity contribution in [3.05, 3.63) is 78.4 Å². The molecule has 4 heteroatoms. The van der Waals surface area contributed by atoms with E-state index >= 15 is 0 Å². The Labute approximate surface area is 149 Å². The summed E-state index contributed by atoms with van der Waals surface area (Å²) in [5.74, 6) is 0. The van der Waals surface area contributed by atoms with Crippen molar-refractivity contribution in [3.8, 4) is 0 Å². The van der Waals surface area contributed by atoms with Crippen molar-refractivity contribution in [2.75, 3.05) is 10.8 Å². The van der Waals surface area contributed by atoms with E-state index in [-0.39, 0.29) is 5.41 Å². The van der Waals surface area contributed by atoms with Crippen LogP contribution in [-0.4, -0.2) is 15.0 Å². The first-order valence-corrected chi connectivity index (χ1v) is 9.94. The molecule has 0 saturated carbocycles. The molecule has 0 unspecified atom stereocenters. The van der Waals surface area contributed by atoms with Gasteiger partial charge in [-0.15, -0.1) is 0 Å². The number of allylic oxidation sites excluding steroid dienone is 1. The molecule has 2 aromatic rings. The first kappa shape index (κ1) is 16.2. The Morgan fingerprint density at radius 1 is 1.08 bits per heavy atom. The Bertz CT molecular complexity index is 973. The zero-order valence-electron chi connectivity index (χ0n) is 14.3. The summed E-state index contributed by atoms with van der Waals surface area (Å²) in [6.45, 7) is 6.68. The summed E-state index contributed by atoms with van der Waals surface area (Å²) < 4.78 is 28.3. The van der Waals surface area contributed by atoms with Crippen molar-refractivity contribution >= 4 is 21.3 Å². The van der Waals surface area contributed by atoms with E-state index in [9.17, 15) is 8.42 Å². The molecule has 0 bridgehead atoms. The van der Waals surface area contributed by atoms with Crippen molar-refractivity contribution < 1.29 is 8.42 Å². The highest BCUT2D eigenvalue weighted by atomic mass is 32.2. The highest BCUT2D eigenvalue weighted by Gasteiger charge is 2.44. The molecule has 0 fully saturated rings. The normalized spacial score (nSPS) is 22.4. The number of aryl methyl sites for hydroxylation is 1. The summed E-state index contributed by atoms with van der Waals surface area (Å²) in [6, 6.07) is 14.7. The van der Waals surface area contributed by atoms with E-state index in [2.05, 4.69) is 18.7 Å². The van der Waals surface area contributed by atoms with Crippen LogP contribution in [0.4, 0.5) is 5.69 Å². The van der Waals surface area contributed by atoms with Crippen LogP contribution in [0.1, 0.15) is 24.0 Å². The van der Waals surface area contributed by atoms with E-state index in [0.29, 0.717) is 11.4 Å². The van der Waals surface area contributed by atoms with Crippen LogP contribution < -0.4 is 4.31 Å². The molecule has 1 aliphatic carbocycles. The lowest BCUT2D eigenvalue weighted by Crippen LogP contribution is -2.44. The molecule has 1 atom stereocenters. The number of hydrogen-bond acceptors (Lipinski definition) is 2. The summed E-state index contributed by atoms with van der Waals surface area (Å²) in [4.78, 5) is 0.331. The summed E-state index contributed by atoms with van der Waals surface area (Å²) >= 11 is 0. The minimum Gasteiger partial charge on any atom is -0.265 e. The second kappa shape index (κ2) is 5.60. The second-order valence-corrected chi connectivity index (χ2v) is 8.78. The molecule has 1 heterocycles. The van der Waals surface area contributed by atoms with E-state index in [0.717, 1.165) is 35.2 Å². The third-order valence-corrected chi connectivity index (χ3v) is 7.10. The van der Waals surface area contributed by atoms with Crippen molar-refractivity contribution in [2.24, 2.45) is 5.41 Å². The minimum absolute atomic E-state index is 0.299. The number of para-hydroxylation sites is 1. The van der Waals surface area contributed by atoms with Crippen molar-refractivity contribution in [2.45, 2.75) is 24.7 Å². The van der Waals surface area contributed by atoms with Crippen molar-refractivity contribution in [3.63, 3.8) is 0 Å². The van der Waals surface area contributed by atoms with E-state index in [1.54, 1.807) is 16.4 Å². The Morgan fingerprint density at radius 3 is 2.48 bits per heavy atom. The number of anilines is 1. The molecule has 1 spiro atoms. The predicted octanol–water partition coefficient (Wildman–Crippen LogP) is 4.55. The van der Waals surface area contributed by atoms with Crippen molar-refractivity contribution in [1.82, 2.24) is 0 Å². The van der Waals surface area contributed by atoms with E-state index in [1.807, 2.05) is 43.3 Å². The molecule has 0 amide bonds. The van der Waals surface area contributed by atoms with Crippen LogP contribution in [-0.2, 0) is 10.0 Å². The number of sulfonamides is 1. The lowest BCUT2D eigenvalue weighted by molar-refractivity contribution is 0.497. The largest absolute Gasteiger partial charge is 0.265 e. The van der Waals surface area contributed by atoms with Crippen LogP contribution >= 0.6 is 0 Å². The number of hydrogen-bond donors (Lipinski definition) is 0. The minimum atomic E-state index is -3.62. The van der Waals surface area contributed by atoms with Gasteiger partial charge in [0.2, 0.25) is 0 Å². The summed E-state index contributed by atoms with van der Waals surface area (Å²) in [6.07, 6.45) is 6.14. The third kappa shape index (κ3) is 2.44. The van der Waals surface area contributed by atoms with Gasteiger partial charge in [-0.1, -0.05) is 54.6 Å². The van der Waals surface area contributed by atoms with Gasteiger partial charge in [0, 0.05) is 17.5 Å². The Morgan fingerprint density at radius 2 is 1.80 bits per heavy atom. The molecule has 25 heavy (non-hydrogen) atoms. The molecule has 0 aromatic heterocycles. The van der Waals surface area contributed by atoms with Gasteiger partial charge in [-0.25, -0.2) is 8.42 Å². The van der Waals surface area contributed by atoms with Gasteiger partial charge in [0.25, 0.3) is 10.0 Å². The average molecular weight is 351 g/mol. The fourth-order valence-corrected chi connectivity index (χ4v) is 5.37. The maximum atomic E-state index is 13.4. The molecule has 3 nitrogen and oxygen atoms in total. The van der Waals surface area contributed by atoms with Gasteiger partial charge in [-0.05, 0) is 43.5 Å². The van der Waals surface area contributed by atoms with E-state index in [4.69, 9.17) is 0 Å². The molecule has 128 valence electrons. The van der Waals surface area contributed by atoms with E-state index < -0.39 is 10.0 Å². The van der Waals surface area contributed by atoms with Crippen LogP contribution in [0.5, 0.6) is 0 Å². The molecule has 0 N–H and O–H groups in total. The highest BCUT2D eigenvalue weighted by molar-refractivity contribution is 7.92. The van der Waals surface area contributed by atoms with Crippen molar-refractivity contribution in [1.29, 1.82) is 0 Å². The van der Waals surface area contributed by atoms with Gasteiger partial charge in [0.15, 0.2) is 0 Å². The smallest absolute Gasteiger partial charge is 0.264 e. The highest BCUT2D eigenvalue weighted by Crippen LogP contribution is 2.51. The third-order valence-electron chi connectivity index (χ3n) is 5.33. The molecular weight excluding hydrogens is 330 g/mol. The molecule has 0 saturated heterocycles. The molecule has 2 aromatic carbocycles. The fourth-order valence-electron chi connectivity index (χ4n) is 3.82. The molecular formula is C21H21NO2S. The van der Waals surface area contributed by atoms with Gasteiger partial charge >= 0.3 is 0 Å². The van der Waals surface area contributed by atoms with Crippen LogP contribution in [0, 0.1) is 12.3 Å². The summed E-state index contributed by atoms with van der Waals surface area (Å²) in [5.41, 5.74) is 3.41. The standard InChI is InChI=1S/C21H21NO2S/c1-16-9-11-18(12-10-16)25(23,24)22-15-21(13-5-6-14-21)17(2)19-7-3-4-8-20(19)22/h3-5,7-13H,2,6,14-15H2,1H3/t21-/m1/s1. The molecule has 1 aliphatic heterocycles. The summed E-state index contributed by atoms with van der Waals surface area (Å²) in [5, 5.41) is 0. The number of rotatable bonds is 2. The molecule has 2 aliphatic rings. The van der Waals surface area contributed by atoms with Gasteiger partial charge in [0.1, 0.15) is 0 Å². The van der Waals surface area contributed by atoms with Gasteiger partial charge in [-0.2, -0.15) is 0 Å². The van der Waals surface area contributed by atoms with Gasteiger partial charge in [-0.3, -0.25) is 4.31 Å². The van der Waals surface area contributed by atoms with Gasteiger partial charge < -0.3 is 0 Å². The Balaban J connectivity index is 1.89. The lowest BCUT2D eigenvalue weighted by atomic mass is 9.74. The second-order valence-electron chi connectivity index (χ2n) is 6.92. The van der Waals surface area contributed by atoms with Crippen LogP contribution in [0.15, 0.2) is 72.2 Å². The fraction of sp³-hybridized carbons (Fsp3) is 0.238. The zero-order chi connectivity index (χ0) is 17.7. The van der Waals surface area contributed by atoms with E-state index in [1.165, 1.54) is 0 Å². The Kier molecular flexibility index (Phi) is 3.62. The maximum Gasteiger partial charge on any atom is 0.264 e. The predicted molar refractivity (Wildman–Crippen MR) is 102 cm³/mol. The first-order chi connectivity index (χ1) is 11.9. The van der Waals surface area contributed by atoms with Crippen LogP contribution in [0.2, 0.25) is 0 Å². The zero-order valence-corrected chi connectivity index (χ0v) is 15.1. The average Bonchev–Trinajstić information content (AvgIpc) is 3.08. The number of fused-ring (bicyclic) bond motifs is 1. The topological polar surface area (TPSA) is 37.4 Å². The monoisotopic (exact) mass is 351 g/mol. The summed E-state index contributed by atoms with van der Waals surface area (Å²) in [7, 11) is -3.62. The molecule has 0 radical (unpaired) electrons.